The number of aromatic nitrogens is 1. The van der Waals surface area contributed by atoms with Gasteiger partial charge in [-0.05, 0) is 37.5 Å². The van der Waals surface area contributed by atoms with Crippen LogP contribution in [-0.2, 0) is 11.3 Å². The Labute approximate surface area is 110 Å². The van der Waals surface area contributed by atoms with E-state index in [2.05, 4.69) is 43.2 Å². The van der Waals surface area contributed by atoms with Crippen molar-refractivity contribution in [2.45, 2.75) is 52.3 Å². The molecule has 1 aromatic rings. The fourth-order valence-corrected chi connectivity index (χ4v) is 2.81. The maximum Gasteiger partial charge on any atom is 0.0658 e. The van der Waals surface area contributed by atoms with Crippen molar-refractivity contribution in [1.29, 1.82) is 0 Å². The lowest BCUT2D eigenvalue weighted by atomic mass is 9.61. The fourth-order valence-electron chi connectivity index (χ4n) is 2.81. The van der Waals surface area contributed by atoms with Gasteiger partial charge in [0.2, 0.25) is 0 Å². The van der Waals surface area contributed by atoms with Crippen molar-refractivity contribution in [1.82, 2.24) is 10.3 Å². The SMILES string of the molecule is CCOC1CC(NCc2ccncc2)C1(C)CC. The molecule has 1 saturated carbocycles. The van der Waals surface area contributed by atoms with Gasteiger partial charge in [-0.15, -0.1) is 0 Å². The summed E-state index contributed by atoms with van der Waals surface area (Å²) >= 11 is 0. The van der Waals surface area contributed by atoms with Gasteiger partial charge in [0, 0.05) is 37.0 Å². The summed E-state index contributed by atoms with van der Waals surface area (Å²) in [5.41, 5.74) is 1.58. The topological polar surface area (TPSA) is 34.1 Å². The maximum absolute atomic E-state index is 5.82. The summed E-state index contributed by atoms with van der Waals surface area (Å²) in [5.74, 6) is 0. The predicted molar refractivity (Wildman–Crippen MR) is 73.3 cm³/mol. The van der Waals surface area contributed by atoms with Crippen molar-refractivity contribution in [2.24, 2.45) is 5.41 Å². The van der Waals surface area contributed by atoms with Crippen LogP contribution in [0.15, 0.2) is 24.5 Å². The summed E-state index contributed by atoms with van der Waals surface area (Å²) in [5, 5.41) is 3.66. The summed E-state index contributed by atoms with van der Waals surface area (Å²) in [7, 11) is 0. The third-order valence-corrected chi connectivity index (χ3v) is 4.41. The molecule has 2 rings (SSSR count). The Balaban J connectivity index is 1.88. The summed E-state index contributed by atoms with van der Waals surface area (Å²) in [6.07, 6.45) is 6.40. The number of pyridine rings is 1. The Morgan fingerprint density at radius 2 is 2.11 bits per heavy atom. The third-order valence-electron chi connectivity index (χ3n) is 4.41. The number of ether oxygens (including phenoxy) is 1. The average molecular weight is 248 g/mol. The highest BCUT2D eigenvalue weighted by molar-refractivity contribution is 5.11. The van der Waals surface area contributed by atoms with Crippen LogP contribution in [0.25, 0.3) is 0 Å². The molecule has 1 N–H and O–H groups in total. The van der Waals surface area contributed by atoms with Crippen molar-refractivity contribution in [3.05, 3.63) is 30.1 Å². The molecule has 3 heteroatoms. The van der Waals surface area contributed by atoms with Gasteiger partial charge in [0.05, 0.1) is 6.10 Å². The van der Waals surface area contributed by atoms with E-state index in [0.717, 1.165) is 26.0 Å². The Morgan fingerprint density at radius 1 is 1.39 bits per heavy atom. The molecule has 3 atom stereocenters. The molecule has 0 aromatic carbocycles. The van der Waals surface area contributed by atoms with Gasteiger partial charge in [0.25, 0.3) is 0 Å². The highest BCUT2D eigenvalue weighted by Crippen LogP contribution is 2.45. The van der Waals surface area contributed by atoms with Crippen molar-refractivity contribution in [2.75, 3.05) is 6.61 Å². The van der Waals surface area contributed by atoms with E-state index in [-0.39, 0.29) is 5.41 Å². The molecule has 1 aliphatic carbocycles. The first kappa shape index (κ1) is 13.5. The van der Waals surface area contributed by atoms with Crippen LogP contribution < -0.4 is 5.32 Å². The largest absolute Gasteiger partial charge is 0.378 e. The second kappa shape index (κ2) is 5.81. The summed E-state index contributed by atoms with van der Waals surface area (Å²) in [6.45, 7) is 8.40. The van der Waals surface area contributed by atoms with E-state index in [0.29, 0.717) is 12.1 Å². The molecular weight excluding hydrogens is 224 g/mol. The number of nitrogens with zero attached hydrogens (tertiary/aromatic N) is 1. The molecule has 0 radical (unpaired) electrons. The minimum absolute atomic E-state index is 0.281. The van der Waals surface area contributed by atoms with Crippen LogP contribution in [0.2, 0.25) is 0 Å². The second-order valence-electron chi connectivity index (χ2n) is 5.33. The minimum atomic E-state index is 0.281. The van der Waals surface area contributed by atoms with E-state index >= 15 is 0 Å². The molecule has 1 aliphatic rings. The van der Waals surface area contributed by atoms with Gasteiger partial charge in [-0.25, -0.2) is 0 Å². The van der Waals surface area contributed by atoms with E-state index in [1.807, 2.05) is 12.4 Å². The first-order valence-corrected chi connectivity index (χ1v) is 6.94. The summed E-state index contributed by atoms with van der Waals surface area (Å²) < 4.78 is 5.82. The number of nitrogens with one attached hydrogen (secondary N) is 1. The van der Waals surface area contributed by atoms with Crippen molar-refractivity contribution >= 4 is 0 Å². The molecule has 0 aliphatic heterocycles. The van der Waals surface area contributed by atoms with Gasteiger partial charge < -0.3 is 10.1 Å². The van der Waals surface area contributed by atoms with Crippen LogP contribution in [0.5, 0.6) is 0 Å². The highest BCUT2D eigenvalue weighted by atomic mass is 16.5. The Bertz CT molecular complexity index is 368. The molecule has 0 amide bonds. The van der Waals surface area contributed by atoms with Gasteiger partial charge in [-0.2, -0.15) is 0 Å². The molecule has 0 spiro atoms. The van der Waals surface area contributed by atoms with E-state index in [4.69, 9.17) is 4.74 Å². The normalized spacial score (nSPS) is 31.1. The van der Waals surface area contributed by atoms with E-state index < -0.39 is 0 Å². The zero-order valence-corrected chi connectivity index (χ0v) is 11.6. The van der Waals surface area contributed by atoms with E-state index in [1.165, 1.54) is 5.56 Å². The lowest BCUT2D eigenvalue weighted by molar-refractivity contribution is -0.126. The van der Waals surface area contributed by atoms with Gasteiger partial charge in [-0.1, -0.05) is 13.8 Å². The van der Waals surface area contributed by atoms with Gasteiger partial charge in [0.15, 0.2) is 0 Å². The first-order chi connectivity index (χ1) is 8.70. The van der Waals surface area contributed by atoms with Crippen LogP contribution in [0.1, 0.15) is 39.2 Å². The summed E-state index contributed by atoms with van der Waals surface area (Å²) in [6, 6.07) is 4.69. The lowest BCUT2D eigenvalue weighted by Gasteiger charge is -2.53. The van der Waals surface area contributed by atoms with Crippen LogP contribution in [0.4, 0.5) is 0 Å². The quantitative estimate of drug-likeness (QED) is 0.840. The second-order valence-corrected chi connectivity index (χ2v) is 5.33. The molecular formula is C15H24N2O. The van der Waals surface area contributed by atoms with Crippen molar-refractivity contribution in [3.8, 4) is 0 Å². The predicted octanol–water partition coefficient (Wildman–Crippen LogP) is 2.76. The van der Waals surface area contributed by atoms with Gasteiger partial charge in [-0.3, -0.25) is 4.98 Å². The average Bonchev–Trinajstić information content (AvgIpc) is 2.42. The molecule has 1 heterocycles. The smallest absolute Gasteiger partial charge is 0.0658 e. The first-order valence-electron chi connectivity index (χ1n) is 6.94. The molecule has 18 heavy (non-hydrogen) atoms. The van der Waals surface area contributed by atoms with Crippen LogP contribution in [-0.4, -0.2) is 23.7 Å². The van der Waals surface area contributed by atoms with Crippen LogP contribution >= 0.6 is 0 Å². The number of hydrogen-bond donors (Lipinski definition) is 1. The van der Waals surface area contributed by atoms with Crippen molar-refractivity contribution in [3.63, 3.8) is 0 Å². The standard InChI is InChI=1S/C15H24N2O/c1-4-15(3)13(10-14(15)18-5-2)17-11-12-6-8-16-9-7-12/h6-9,13-14,17H,4-5,10-11H2,1-3H3. The zero-order chi connectivity index (χ0) is 13.0. The fraction of sp³-hybridized carbons (Fsp3) is 0.667. The maximum atomic E-state index is 5.82. The molecule has 1 aromatic heterocycles. The minimum Gasteiger partial charge on any atom is -0.378 e. The number of hydrogen-bond acceptors (Lipinski definition) is 3. The number of rotatable bonds is 6. The zero-order valence-electron chi connectivity index (χ0n) is 11.6. The summed E-state index contributed by atoms with van der Waals surface area (Å²) in [4.78, 5) is 4.04. The molecule has 3 unspecified atom stereocenters. The Kier molecular flexibility index (Phi) is 4.36. The molecule has 0 saturated heterocycles. The Hall–Kier alpha value is -0.930. The highest BCUT2D eigenvalue weighted by Gasteiger charge is 2.50. The van der Waals surface area contributed by atoms with E-state index in [9.17, 15) is 0 Å². The van der Waals surface area contributed by atoms with Gasteiger partial charge >= 0.3 is 0 Å². The van der Waals surface area contributed by atoms with Crippen molar-refractivity contribution < 1.29 is 4.74 Å². The monoisotopic (exact) mass is 248 g/mol. The van der Waals surface area contributed by atoms with Crippen LogP contribution in [0, 0.1) is 5.41 Å². The molecule has 3 nitrogen and oxygen atoms in total. The molecule has 1 fully saturated rings. The van der Waals surface area contributed by atoms with Gasteiger partial charge in [0.1, 0.15) is 0 Å². The van der Waals surface area contributed by atoms with E-state index in [1.54, 1.807) is 0 Å². The lowest BCUT2D eigenvalue weighted by Crippen LogP contribution is -2.61. The van der Waals surface area contributed by atoms with Crippen LogP contribution in [0.3, 0.4) is 0 Å². The molecule has 100 valence electrons. The molecule has 0 bridgehead atoms. The third kappa shape index (κ3) is 2.57. The Morgan fingerprint density at radius 3 is 2.72 bits per heavy atom.